The van der Waals surface area contributed by atoms with Crippen molar-refractivity contribution in [2.75, 3.05) is 13.1 Å². The fraction of sp³-hybridized carbons (Fsp3) is 0.591. The lowest BCUT2D eigenvalue weighted by Gasteiger charge is -2.41. The van der Waals surface area contributed by atoms with Crippen LogP contribution in [0, 0.1) is 17.3 Å². The van der Waals surface area contributed by atoms with Crippen LogP contribution in [-0.4, -0.2) is 51.3 Å². The molecule has 1 aliphatic rings. The van der Waals surface area contributed by atoms with Crippen LogP contribution in [0.1, 0.15) is 51.4 Å². The van der Waals surface area contributed by atoms with Crippen molar-refractivity contribution in [2.24, 2.45) is 23.0 Å². The predicted octanol–water partition coefficient (Wildman–Crippen LogP) is 2.31. The number of pyridine rings is 1. The molecule has 3 atom stereocenters. The number of hydrogen-bond acceptors (Lipinski definition) is 4. The van der Waals surface area contributed by atoms with E-state index in [4.69, 9.17) is 5.73 Å². The molecule has 158 valence electrons. The van der Waals surface area contributed by atoms with Gasteiger partial charge in [0, 0.05) is 25.3 Å². The van der Waals surface area contributed by atoms with Gasteiger partial charge >= 0.3 is 0 Å². The van der Waals surface area contributed by atoms with E-state index >= 15 is 0 Å². The number of imidazole rings is 1. The molecule has 29 heavy (non-hydrogen) atoms. The molecule has 0 unspecified atom stereocenters. The summed E-state index contributed by atoms with van der Waals surface area (Å²) in [6, 6.07) is 2.97. The number of carbonyl (C=O) groups is 2. The van der Waals surface area contributed by atoms with Crippen LogP contribution in [0.25, 0.3) is 5.52 Å². The third-order valence-corrected chi connectivity index (χ3v) is 6.03. The zero-order valence-electron chi connectivity index (χ0n) is 18.1. The van der Waals surface area contributed by atoms with E-state index < -0.39 is 6.04 Å². The first-order valence-corrected chi connectivity index (χ1v) is 10.4. The summed E-state index contributed by atoms with van der Waals surface area (Å²) >= 11 is 0. The summed E-state index contributed by atoms with van der Waals surface area (Å²) in [6.07, 6.45) is 6.12. The van der Waals surface area contributed by atoms with E-state index in [1.807, 2.05) is 48.4 Å². The monoisotopic (exact) mass is 399 g/mol. The lowest BCUT2D eigenvalue weighted by atomic mass is 9.81. The minimum Gasteiger partial charge on any atom is -0.350 e. The molecule has 0 aromatic carbocycles. The number of hydrogen-bond donors (Lipinski definition) is 2. The van der Waals surface area contributed by atoms with E-state index in [1.54, 1.807) is 12.5 Å². The second kappa shape index (κ2) is 8.14. The van der Waals surface area contributed by atoms with E-state index in [9.17, 15) is 9.59 Å². The van der Waals surface area contributed by atoms with Crippen molar-refractivity contribution in [1.82, 2.24) is 19.6 Å². The Kier molecular flexibility index (Phi) is 5.98. The van der Waals surface area contributed by atoms with E-state index in [1.165, 1.54) is 0 Å². The lowest BCUT2D eigenvalue weighted by molar-refractivity contribution is -0.126. The van der Waals surface area contributed by atoms with E-state index in [-0.39, 0.29) is 23.3 Å². The molecule has 1 fully saturated rings. The van der Waals surface area contributed by atoms with Crippen molar-refractivity contribution >= 4 is 17.3 Å². The molecule has 2 amide bonds. The van der Waals surface area contributed by atoms with Crippen molar-refractivity contribution in [3.05, 3.63) is 36.4 Å². The van der Waals surface area contributed by atoms with Crippen molar-refractivity contribution < 1.29 is 9.59 Å². The van der Waals surface area contributed by atoms with Crippen LogP contribution in [0.4, 0.5) is 0 Å². The van der Waals surface area contributed by atoms with E-state index in [2.05, 4.69) is 24.1 Å². The van der Waals surface area contributed by atoms with Gasteiger partial charge in [-0.2, -0.15) is 0 Å². The summed E-state index contributed by atoms with van der Waals surface area (Å²) in [4.78, 5) is 32.0. The molecule has 1 aliphatic heterocycles. The largest absolute Gasteiger partial charge is 0.350 e. The summed E-state index contributed by atoms with van der Waals surface area (Å²) in [5.74, 6) is 0.528. The second-order valence-corrected chi connectivity index (χ2v) is 9.51. The molecule has 2 aromatic heterocycles. The molecule has 0 aliphatic carbocycles. The van der Waals surface area contributed by atoms with Crippen LogP contribution in [-0.2, 0) is 4.79 Å². The van der Waals surface area contributed by atoms with Gasteiger partial charge in [0.25, 0.3) is 5.91 Å². The van der Waals surface area contributed by atoms with Crippen LogP contribution in [0.3, 0.4) is 0 Å². The maximum atomic E-state index is 13.3. The molecule has 0 spiro atoms. The molecule has 0 radical (unpaired) electrons. The molecule has 0 bridgehead atoms. The number of rotatable bonds is 4. The molecule has 2 aromatic rings. The van der Waals surface area contributed by atoms with Crippen LogP contribution >= 0.6 is 0 Å². The Morgan fingerprint density at radius 2 is 2.03 bits per heavy atom. The second-order valence-electron chi connectivity index (χ2n) is 9.51. The Morgan fingerprint density at radius 1 is 1.31 bits per heavy atom. The molecule has 3 rings (SSSR count). The van der Waals surface area contributed by atoms with Crippen molar-refractivity contribution in [3.8, 4) is 0 Å². The first kappa shape index (κ1) is 21.3. The van der Waals surface area contributed by atoms with Crippen LogP contribution in [0.15, 0.2) is 30.9 Å². The lowest BCUT2D eigenvalue weighted by Crippen LogP contribution is -2.59. The van der Waals surface area contributed by atoms with Crippen molar-refractivity contribution in [3.63, 3.8) is 0 Å². The Labute approximate surface area is 172 Å². The molecule has 0 saturated carbocycles. The number of piperidine rings is 1. The standard InChI is InChI=1S/C22H33N5O2/c1-14(2)15-8-10-26(12-17(15)25-20(28)19(23)22(3,4)5)21(29)16-7-6-9-27-13-24-11-18(16)27/h6-7,9,11,13-15,17,19H,8,10,12,23H2,1-5H3,(H,25,28)/t15-,17+,19+/m0/s1. The van der Waals surface area contributed by atoms with E-state index in [0.29, 0.717) is 30.5 Å². The third kappa shape index (κ3) is 4.45. The molecular formula is C22H33N5O2. The average molecular weight is 400 g/mol. The topological polar surface area (TPSA) is 92.7 Å². The highest BCUT2D eigenvalue weighted by Gasteiger charge is 2.37. The Bertz CT molecular complexity index is 883. The summed E-state index contributed by atoms with van der Waals surface area (Å²) in [7, 11) is 0. The number of nitrogens with zero attached hydrogens (tertiary/aromatic N) is 3. The highest BCUT2D eigenvalue weighted by molar-refractivity contribution is 6.00. The van der Waals surface area contributed by atoms with Gasteiger partial charge in [0.15, 0.2) is 0 Å². The van der Waals surface area contributed by atoms with Gasteiger partial charge in [0.1, 0.15) is 0 Å². The van der Waals surface area contributed by atoms with E-state index in [0.717, 1.165) is 11.9 Å². The normalized spacial score (nSPS) is 21.4. The van der Waals surface area contributed by atoms with Gasteiger partial charge in [-0.25, -0.2) is 4.98 Å². The fourth-order valence-corrected chi connectivity index (χ4v) is 4.07. The molecule has 3 heterocycles. The Morgan fingerprint density at radius 3 is 2.69 bits per heavy atom. The highest BCUT2D eigenvalue weighted by Crippen LogP contribution is 2.27. The Balaban J connectivity index is 1.80. The van der Waals surface area contributed by atoms with Gasteiger partial charge in [0.2, 0.25) is 5.91 Å². The first-order valence-electron chi connectivity index (χ1n) is 10.4. The molecule has 3 N–H and O–H groups in total. The average Bonchev–Trinajstić information content (AvgIpc) is 3.14. The summed E-state index contributed by atoms with van der Waals surface area (Å²) < 4.78 is 1.84. The van der Waals surface area contributed by atoms with Gasteiger partial charge < -0.3 is 20.4 Å². The summed E-state index contributed by atoms with van der Waals surface area (Å²) in [5, 5.41) is 3.15. The number of amides is 2. The highest BCUT2D eigenvalue weighted by atomic mass is 16.2. The smallest absolute Gasteiger partial charge is 0.256 e. The first-order chi connectivity index (χ1) is 13.6. The zero-order valence-corrected chi connectivity index (χ0v) is 18.1. The zero-order chi connectivity index (χ0) is 21.3. The van der Waals surface area contributed by atoms with Gasteiger partial charge in [0.05, 0.1) is 29.6 Å². The molecular weight excluding hydrogens is 366 g/mol. The minimum absolute atomic E-state index is 0.0299. The van der Waals surface area contributed by atoms with Crippen LogP contribution < -0.4 is 11.1 Å². The molecule has 7 nitrogen and oxygen atoms in total. The van der Waals surface area contributed by atoms with Gasteiger partial charge in [-0.1, -0.05) is 34.6 Å². The SMILES string of the molecule is CC(C)[C@@H]1CCN(C(=O)c2cccn3cncc23)C[C@H]1NC(=O)[C@@H](N)C(C)(C)C. The number of nitrogens with two attached hydrogens (primary N) is 1. The van der Waals surface area contributed by atoms with Gasteiger partial charge in [-0.05, 0) is 35.8 Å². The number of carbonyl (C=O) groups excluding carboxylic acids is 2. The number of likely N-dealkylation sites (tertiary alicyclic amines) is 1. The van der Waals surface area contributed by atoms with Gasteiger partial charge in [-0.3, -0.25) is 9.59 Å². The predicted molar refractivity (Wildman–Crippen MR) is 113 cm³/mol. The maximum Gasteiger partial charge on any atom is 0.256 e. The third-order valence-electron chi connectivity index (χ3n) is 6.03. The molecule has 7 heteroatoms. The number of fused-ring (bicyclic) bond motifs is 1. The fourth-order valence-electron chi connectivity index (χ4n) is 4.07. The number of nitrogens with one attached hydrogen (secondary N) is 1. The molecule has 1 saturated heterocycles. The Hall–Kier alpha value is -2.41. The summed E-state index contributed by atoms with van der Waals surface area (Å²) in [6.45, 7) is 11.4. The number of aromatic nitrogens is 2. The quantitative estimate of drug-likeness (QED) is 0.825. The van der Waals surface area contributed by atoms with Crippen LogP contribution in [0.5, 0.6) is 0 Å². The minimum atomic E-state index is -0.595. The van der Waals surface area contributed by atoms with Crippen molar-refractivity contribution in [1.29, 1.82) is 0 Å². The van der Waals surface area contributed by atoms with Crippen molar-refractivity contribution in [2.45, 2.75) is 53.1 Å². The maximum absolute atomic E-state index is 13.3. The van der Waals surface area contributed by atoms with Crippen LogP contribution in [0.2, 0.25) is 0 Å². The summed E-state index contributed by atoms with van der Waals surface area (Å²) in [5.41, 5.74) is 7.27. The van der Waals surface area contributed by atoms with Gasteiger partial charge in [-0.15, -0.1) is 0 Å².